The van der Waals surface area contributed by atoms with Crippen LogP contribution in [0.15, 0.2) is 0 Å². The molecule has 0 rings (SSSR count). The first kappa shape index (κ1) is 17.2. The molecule has 110 valence electrons. The van der Waals surface area contributed by atoms with Crippen molar-refractivity contribution in [3.8, 4) is 0 Å². The van der Waals surface area contributed by atoms with Gasteiger partial charge in [-0.1, -0.05) is 0 Å². The number of ether oxygens (including phenoxy) is 2. The molecule has 0 bridgehead atoms. The van der Waals surface area contributed by atoms with Gasteiger partial charge in [-0.05, 0) is 0 Å². The summed E-state index contributed by atoms with van der Waals surface area (Å²) in [5, 5.41) is 0. The summed E-state index contributed by atoms with van der Waals surface area (Å²) in [5.41, 5.74) is 0. The van der Waals surface area contributed by atoms with Crippen LogP contribution in [0.5, 0.6) is 0 Å². The Morgan fingerprint density at radius 2 is 0.778 bits per heavy atom. The smallest absolute Gasteiger partial charge is 0.275 e. The van der Waals surface area contributed by atoms with Crippen molar-refractivity contribution in [3.05, 3.63) is 0 Å². The lowest BCUT2D eigenvalue weighted by Crippen LogP contribution is -2.42. The first-order chi connectivity index (χ1) is 7.90. The fraction of sp³-hybridized carbons (Fsp3) is 1.00. The monoisotopic (exact) mass is 298 g/mol. The Kier molecular flexibility index (Phi) is 5.65. The molecule has 0 aliphatic carbocycles. The number of hydrogen-bond donors (Lipinski definition) is 0. The molecule has 0 aromatic carbocycles. The predicted molar refractivity (Wildman–Crippen MR) is 33.9 cm³/mol. The highest BCUT2D eigenvalue weighted by atomic mass is 19.3. The molecule has 0 radical (unpaired) electrons. The van der Waals surface area contributed by atoms with E-state index in [1.807, 2.05) is 0 Å². The number of alkyl halides is 10. The van der Waals surface area contributed by atoms with E-state index in [2.05, 4.69) is 9.47 Å². The Hall–Kier alpha value is -0.780. The van der Waals surface area contributed by atoms with Gasteiger partial charge in [-0.2, -0.15) is 17.6 Å². The minimum absolute atomic E-state index is 2.46. The van der Waals surface area contributed by atoms with E-state index >= 15 is 0 Å². The molecule has 0 saturated carbocycles. The van der Waals surface area contributed by atoms with Gasteiger partial charge >= 0.3 is 25.1 Å². The van der Waals surface area contributed by atoms with E-state index in [0.29, 0.717) is 0 Å². The first-order valence-electron chi connectivity index (χ1n) is 3.86. The first-order valence-corrected chi connectivity index (χ1v) is 3.86. The summed E-state index contributed by atoms with van der Waals surface area (Å²) in [6.45, 7) is 0. The van der Waals surface area contributed by atoms with Crippen molar-refractivity contribution in [3.63, 3.8) is 0 Å². The molecular formula is C6H4F10O2. The second kappa shape index (κ2) is 5.91. The summed E-state index contributed by atoms with van der Waals surface area (Å²) < 4.78 is 123. The van der Waals surface area contributed by atoms with Gasteiger partial charge in [0.1, 0.15) is 0 Å². The van der Waals surface area contributed by atoms with E-state index in [1.165, 1.54) is 0 Å². The standard InChI is InChI=1S/C6H4F10O2/c7-1(17-5(13,14)3(9)10)2(8)18-6(15,16)4(11)12/h1-4H. The van der Waals surface area contributed by atoms with Gasteiger partial charge in [0.25, 0.3) is 12.7 Å². The Balaban J connectivity index is 4.49. The third-order valence-corrected chi connectivity index (χ3v) is 1.25. The molecule has 0 N–H and O–H groups in total. The van der Waals surface area contributed by atoms with Crippen LogP contribution in [0.4, 0.5) is 43.9 Å². The van der Waals surface area contributed by atoms with Gasteiger partial charge in [0.2, 0.25) is 0 Å². The topological polar surface area (TPSA) is 18.5 Å². The van der Waals surface area contributed by atoms with Gasteiger partial charge in [-0.15, -0.1) is 0 Å². The summed E-state index contributed by atoms with van der Waals surface area (Å²) in [6, 6.07) is 0. The molecule has 12 heteroatoms. The molecule has 0 spiro atoms. The quantitative estimate of drug-likeness (QED) is 0.671. The van der Waals surface area contributed by atoms with Crippen LogP contribution >= 0.6 is 0 Å². The molecule has 0 aliphatic heterocycles. The molecule has 0 aliphatic rings. The lowest BCUT2D eigenvalue weighted by Gasteiger charge is -2.23. The SMILES string of the molecule is FC(OC(F)(F)C(F)F)C(F)OC(F)(F)C(F)F. The number of rotatable bonds is 7. The van der Waals surface area contributed by atoms with Crippen LogP contribution < -0.4 is 0 Å². The Morgan fingerprint density at radius 3 is 0.944 bits per heavy atom. The lowest BCUT2D eigenvalue weighted by molar-refractivity contribution is -0.398. The maximum atomic E-state index is 12.3. The van der Waals surface area contributed by atoms with Crippen LogP contribution in [0.1, 0.15) is 0 Å². The van der Waals surface area contributed by atoms with Crippen LogP contribution in [0.2, 0.25) is 0 Å². The average Bonchev–Trinajstić information content (AvgIpc) is 2.15. The summed E-state index contributed by atoms with van der Waals surface area (Å²) in [7, 11) is 0. The lowest BCUT2D eigenvalue weighted by atomic mass is 10.6. The van der Waals surface area contributed by atoms with Gasteiger partial charge in [-0.3, -0.25) is 9.47 Å². The van der Waals surface area contributed by atoms with Gasteiger partial charge in [0, 0.05) is 0 Å². The highest BCUT2D eigenvalue weighted by Gasteiger charge is 2.50. The van der Waals surface area contributed by atoms with E-state index in [9.17, 15) is 43.9 Å². The fourth-order valence-electron chi connectivity index (χ4n) is 0.510. The second-order valence-corrected chi connectivity index (χ2v) is 2.66. The number of hydrogen-bond acceptors (Lipinski definition) is 2. The van der Waals surface area contributed by atoms with E-state index in [1.54, 1.807) is 0 Å². The van der Waals surface area contributed by atoms with Crippen molar-refractivity contribution in [1.29, 1.82) is 0 Å². The zero-order valence-corrected chi connectivity index (χ0v) is 7.91. The average molecular weight is 298 g/mol. The van der Waals surface area contributed by atoms with Crippen molar-refractivity contribution in [2.45, 2.75) is 37.8 Å². The van der Waals surface area contributed by atoms with Crippen LogP contribution in [0.3, 0.4) is 0 Å². The zero-order valence-electron chi connectivity index (χ0n) is 7.91. The molecular weight excluding hydrogens is 294 g/mol. The minimum atomic E-state index is -5.49. The van der Waals surface area contributed by atoms with Crippen molar-refractivity contribution < 1.29 is 53.4 Å². The van der Waals surface area contributed by atoms with Gasteiger partial charge in [-0.25, -0.2) is 26.3 Å². The fourth-order valence-corrected chi connectivity index (χ4v) is 0.510. The Labute approximate surface area is 92.4 Å². The summed E-state index contributed by atoms with van der Waals surface area (Å²) >= 11 is 0. The Morgan fingerprint density at radius 1 is 0.556 bits per heavy atom. The molecule has 0 heterocycles. The highest BCUT2D eigenvalue weighted by Crippen LogP contribution is 2.31. The normalized spacial score (nSPS) is 17.3. The zero-order chi connectivity index (χ0) is 14.7. The second-order valence-electron chi connectivity index (χ2n) is 2.66. The van der Waals surface area contributed by atoms with E-state index in [0.717, 1.165) is 0 Å². The van der Waals surface area contributed by atoms with E-state index < -0.39 is 37.8 Å². The van der Waals surface area contributed by atoms with Gasteiger partial charge in [0.05, 0.1) is 0 Å². The molecule has 2 nitrogen and oxygen atoms in total. The molecule has 0 amide bonds. The molecule has 18 heavy (non-hydrogen) atoms. The van der Waals surface area contributed by atoms with Crippen LogP contribution in [0, 0.1) is 0 Å². The molecule has 0 aromatic heterocycles. The maximum absolute atomic E-state index is 12.3. The Bertz CT molecular complexity index is 231. The highest BCUT2D eigenvalue weighted by molar-refractivity contribution is 4.62. The molecule has 0 fully saturated rings. The van der Waals surface area contributed by atoms with Gasteiger partial charge < -0.3 is 0 Å². The molecule has 0 aromatic rings. The molecule has 2 atom stereocenters. The van der Waals surface area contributed by atoms with E-state index in [4.69, 9.17) is 0 Å². The molecule has 2 unspecified atom stereocenters. The van der Waals surface area contributed by atoms with E-state index in [-0.39, 0.29) is 0 Å². The summed E-state index contributed by atoms with van der Waals surface area (Å²) in [4.78, 5) is 0. The van der Waals surface area contributed by atoms with Crippen LogP contribution in [0.25, 0.3) is 0 Å². The van der Waals surface area contributed by atoms with Crippen molar-refractivity contribution in [2.24, 2.45) is 0 Å². The largest absolute Gasteiger partial charge is 0.419 e. The predicted octanol–water partition coefficient (Wildman–Crippen LogP) is 3.33. The van der Waals surface area contributed by atoms with Crippen molar-refractivity contribution >= 4 is 0 Å². The van der Waals surface area contributed by atoms with Crippen molar-refractivity contribution in [1.82, 2.24) is 0 Å². The van der Waals surface area contributed by atoms with Crippen molar-refractivity contribution in [2.75, 3.05) is 0 Å². The molecule has 0 saturated heterocycles. The van der Waals surface area contributed by atoms with Crippen LogP contribution in [-0.4, -0.2) is 37.8 Å². The number of halogens is 10. The summed E-state index contributed by atoms with van der Waals surface area (Å²) in [6.07, 6.45) is -28.4. The maximum Gasteiger partial charge on any atom is 0.419 e. The minimum Gasteiger partial charge on any atom is -0.275 e. The van der Waals surface area contributed by atoms with Gasteiger partial charge in [0.15, 0.2) is 0 Å². The van der Waals surface area contributed by atoms with Crippen LogP contribution in [-0.2, 0) is 9.47 Å². The third kappa shape index (κ3) is 4.84. The summed E-state index contributed by atoms with van der Waals surface area (Å²) in [5.74, 6) is 0. The third-order valence-electron chi connectivity index (χ3n) is 1.25.